The number of urea groups is 1. The maximum atomic E-state index is 13.4. The third-order valence-electron chi connectivity index (χ3n) is 5.91. The molecule has 0 saturated carbocycles. The molecule has 0 aliphatic carbocycles. The molecule has 1 N–H and O–H groups in total. The van der Waals surface area contributed by atoms with Crippen LogP contribution in [0.2, 0.25) is 0 Å². The summed E-state index contributed by atoms with van der Waals surface area (Å²) in [4.78, 5) is 27.0. The van der Waals surface area contributed by atoms with Gasteiger partial charge in [-0.15, -0.1) is 0 Å². The molecule has 0 radical (unpaired) electrons. The van der Waals surface area contributed by atoms with Gasteiger partial charge < -0.3 is 29.2 Å². The topological polar surface area (TPSA) is 102 Å². The Morgan fingerprint density at radius 2 is 1.94 bits per heavy atom. The molecular formula is C25H30N4O6. The molecule has 1 atom stereocenters. The molecule has 2 heterocycles. The van der Waals surface area contributed by atoms with E-state index in [1.165, 1.54) is 9.91 Å². The van der Waals surface area contributed by atoms with E-state index in [-0.39, 0.29) is 31.3 Å². The second-order valence-electron chi connectivity index (χ2n) is 8.27. The van der Waals surface area contributed by atoms with Crippen molar-refractivity contribution in [1.82, 2.24) is 15.2 Å². The fraction of sp³-hybridized carbons (Fsp3) is 0.400. The lowest BCUT2D eigenvalue weighted by Crippen LogP contribution is -2.43. The van der Waals surface area contributed by atoms with Gasteiger partial charge in [-0.05, 0) is 36.2 Å². The number of carbonyl (C=O) groups is 2. The molecule has 186 valence electrons. The molecule has 3 amide bonds. The Bertz CT molecular complexity index is 1130. The average Bonchev–Trinajstić information content (AvgIpc) is 3.53. The van der Waals surface area contributed by atoms with E-state index in [0.717, 1.165) is 17.5 Å². The number of benzene rings is 2. The third-order valence-corrected chi connectivity index (χ3v) is 5.91. The largest absolute Gasteiger partial charge is 0.497 e. The summed E-state index contributed by atoms with van der Waals surface area (Å²) in [7, 11) is 4.76. The molecule has 10 heteroatoms. The number of fused-ring (bicyclic) bond motifs is 1. The Hall–Kier alpha value is -3.95. The lowest BCUT2D eigenvalue weighted by Gasteiger charge is -2.25. The zero-order valence-electron chi connectivity index (χ0n) is 20.4. The van der Waals surface area contributed by atoms with E-state index in [1.807, 2.05) is 37.3 Å². The van der Waals surface area contributed by atoms with E-state index in [0.29, 0.717) is 41.7 Å². The smallest absolute Gasteiger partial charge is 0.317 e. The lowest BCUT2D eigenvalue weighted by atomic mass is 9.97. The van der Waals surface area contributed by atoms with Gasteiger partial charge in [0.2, 0.25) is 6.79 Å². The number of methoxy groups -OCH3 is 2. The van der Waals surface area contributed by atoms with E-state index in [4.69, 9.17) is 24.0 Å². The molecule has 2 aliphatic heterocycles. The van der Waals surface area contributed by atoms with Gasteiger partial charge >= 0.3 is 6.03 Å². The second-order valence-corrected chi connectivity index (χ2v) is 8.27. The Balaban J connectivity index is 1.64. The second kappa shape index (κ2) is 10.5. The molecule has 4 rings (SSSR count). The fourth-order valence-electron chi connectivity index (χ4n) is 4.03. The highest BCUT2D eigenvalue weighted by atomic mass is 16.7. The van der Waals surface area contributed by atoms with Gasteiger partial charge in [-0.1, -0.05) is 13.0 Å². The highest BCUT2D eigenvalue weighted by molar-refractivity contribution is 6.05. The van der Waals surface area contributed by atoms with Crippen molar-refractivity contribution in [2.45, 2.75) is 25.8 Å². The summed E-state index contributed by atoms with van der Waals surface area (Å²) < 4.78 is 21.9. The normalized spacial score (nSPS) is 16.1. The van der Waals surface area contributed by atoms with Crippen LogP contribution in [0.4, 0.5) is 4.79 Å². The number of hydrogen-bond acceptors (Lipinski definition) is 7. The minimum absolute atomic E-state index is 0.118. The zero-order chi connectivity index (χ0) is 24.9. The van der Waals surface area contributed by atoms with Gasteiger partial charge in [0, 0.05) is 31.6 Å². The minimum atomic E-state index is -0.383. The lowest BCUT2D eigenvalue weighted by molar-refractivity contribution is -0.133. The predicted molar refractivity (Wildman–Crippen MR) is 129 cm³/mol. The molecule has 10 nitrogen and oxygen atoms in total. The van der Waals surface area contributed by atoms with E-state index in [1.54, 1.807) is 27.3 Å². The summed E-state index contributed by atoms with van der Waals surface area (Å²) in [6, 6.07) is 10.4. The molecule has 2 aliphatic rings. The molecule has 0 unspecified atom stereocenters. The zero-order valence-corrected chi connectivity index (χ0v) is 20.4. The number of likely N-dealkylation sites (N-methyl/N-ethyl adjacent to an activating group) is 1. The van der Waals surface area contributed by atoms with Crippen molar-refractivity contribution in [3.8, 4) is 23.0 Å². The molecule has 0 bridgehead atoms. The summed E-state index contributed by atoms with van der Waals surface area (Å²) in [5.41, 5.74) is 2.31. The highest BCUT2D eigenvalue weighted by Crippen LogP contribution is 2.40. The first kappa shape index (κ1) is 24.2. The first-order valence-corrected chi connectivity index (χ1v) is 11.5. The van der Waals surface area contributed by atoms with Gasteiger partial charge in [0.1, 0.15) is 18.0 Å². The molecule has 0 saturated heterocycles. The third kappa shape index (κ3) is 5.11. The number of amides is 3. The maximum absolute atomic E-state index is 13.4. The van der Waals surface area contributed by atoms with Crippen molar-refractivity contribution in [2.75, 3.05) is 41.1 Å². The van der Waals surface area contributed by atoms with Crippen LogP contribution in [0.3, 0.4) is 0 Å². The number of nitrogens with zero attached hydrogens (tertiary/aromatic N) is 3. The number of hydrazone groups is 1. The fourth-order valence-corrected chi connectivity index (χ4v) is 4.03. The number of nitrogens with one attached hydrogen (secondary N) is 1. The number of carbonyl (C=O) groups excluding carboxylic acids is 2. The number of ether oxygens (including phenoxy) is 4. The summed E-state index contributed by atoms with van der Waals surface area (Å²) in [6.07, 6.45) is 1.27. The van der Waals surface area contributed by atoms with Crippen molar-refractivity contribution < 1.29 is 28.5 Å². The highest BCUT2D eigenvalue weighted by Gasteiger charge is 2.35. The van der Waals surface area contributed by atoms with Crippen LogP contribution in [0.1, 0.15) is 36.9 Å². The molecule has 0 fully saturated rings. The Labute approximate surface area is 204 Å². The van der Waals surface area contributed by atoms with Gasteiger partial charge in [0.05, 0.1) is 26.0 Å². The predicted octanol–water partition coefficient (Wildman–Crippen LogP) is 3.16. The van der Waals surface area contributed by atoms with E-state index in [9.17, 15) is 9.59 Å². The van der Waals surface area contributed by atoms with Crippen molar-refractivity contribution in [3.63, 3.8) is 0 Å². The maximum Gasteiger partial charge on any atom is 0.317 e. The van der Waals surface area contributed by atoms with Crippen molar-refractivity contribution >= 4 is 17.6 Å². The summed E-state index contributed by atoms with van der Waals surface area (Å²) in [6.45, 7) is 2.55. The summed E-state index contributed by atoms with van der Waals surface area (Å²) >= 11 is 0. The number of hydrogen-bond donors (Lipinski definition) is 1. The van der Waals surface area contributed by atoms with Crippen LogP contribution < -0.4 is 24.3 Å². The van der Waals surface area contributed by atoms with Crippen LogP contribution in [0.15, 0.2) is 41.5 Å². The minimum Gasteiger partial charge on any atom is -0.497 e. The van der Waals surface area contributed by atoms with Gasteiger partial charge in [0.25, 0.3) is 5.91 Å². The monoisotopic (exact) mass is 482 g/mol. The van der Waals surface area contributed by atoms with Gasteiger partial charge in [-0.25, -0.2) is 9.80 Å². The first-order chi connectivity index (χ1) is 16.9. The summed E-state index contributed by atoms with van der Waals surface area (Å²) in [5.74, 6) is 2.24. The first-order valence-electron chi connectivity index (χ1n) is 11.5. The summed E-state index contributed by atoms with van der Waals surface area (Å²) in [5, 5.41) is 8.92. The van der Waals surface area contributed by atoms with Gasteiger partial charge in [0.15, 0.2) is 11.5 Å². The molecule has 0 aromatic heterocycles. The van der Waals surface area contributed by atoms with Crippen LogP contribution in [0.5, 0.6) is 23.0 Å². The SMILES string of the molecule is CCCNC(=O)N(C)CC(=O)N1N=C(c2ccc(OC)cc2OC)C[C@H]1c1ccc2c(c1)OCO2. The van der Waals surface area contributed by atoms with Crippen molar-refractivity contribution in [1.29, 1.82) is 0 Å². The van der Waals surface area contributed by atoms with Crippen molar-refractivity contribution in [3.05, 3.63) is 47.5 Å². The molecule has 2 aromatic carbocycles. The standard InChI is InChI=1S/C25H30N4O6/c1-5-10-26-25(31)28(2)14-24(30)29-20(16-6-9-21-23(11-16)35-15-34-21)13-19(27-29)18-8-7-17(32-3)12-22(18)33-4/h6-9,11-12,20H,5,10,13-15H2,1-4H3,(H,26,31)/t20-/m0/s1. The van der Waals surface area contributed by atoms with Gasteiger partial charge in [-0.2, -0.15) is 5.10 Å². The van der Waals surface area contributed by atoms with Crippen LogP contribution >= 0.6 is 0 Å². The van der Waals surface area contributed by atoms with Crippen LogP contribution in [0.25, 0.3) is 0 Å². The van der Waals surface area contributed by atoms with E-state index >= 15 is 0 Å². The Kier molecular flexibility index (Phi) is 7.28. The van der Waals surface area contributed by atoms with Gasteiger partial charge in [-0.3, -0.25) is 4.79 Å². The van der Waals surface area contributed by atoms with Crippen LogP contribution in [0, 0.1) is 0 Å². The molecule has 2 aromatic rings. The quantitative estimate of drug-likeness (QED) is 0.620. The van der Waals surface area contributed by atoms with Crippen LogP contribution in [-0.2, 0) is 4.79 Å². The van der Waals surface area contributed by atoms with E-state index < -0.39 is 0 Å². The van der Waals surface area contributed by atoms with E-state index in [2.05, 4.69) is 5.32 Å². The van der Waals surface area contributed by atoms with Crippen molar-refractivity contribution in [2.24, 2.45) is 5.10 Å². The molecule has 0 spiro atoms. The molecular weight excluding hydrogens is 452 g/mol. The van der Waals surface area contributed by atoms with Crippen LogP contribution in [-0.4, -0.2) is 68.7 Å². The average molecular weight is 483 g/mol. The Morgan fingerprint density at radius 3 is 2.69 bits per heavy atom. The number of rotatable bonds is 8. The molecule has 35 heavy (non-hydrogen) atoms. The Morgan fingerprint density at radius 1 is 1.14 bits per heavy atom.